The van der Waals surface area contributed by atoms with Crippen molar-refractivity contribution in [1.82, 2.24) is 5.32 Å². The average Bonchev–Trinajstić information content (AvgIpc) is 2.96. The van der Waals surface area contributed by atoms with Gasteiger partial charge in [-0.05, 0) is 49.6 Å². The van der Waals surface area contributed by atoms with Crippen LogP contribution >= 0.6 is 0 Å². The molecule has 1 heterocycles. The predicted octanol–water partition coefficient (Wildman–Crippen LogP) is 2.55. The van der Waals surface area contributed by atoms with E-state index in [1.54, 1.807) is 24.3 Å². The molecule has 1 aliphatic rings. The number of hydrogen-bond acceptors (Lipinski definition) is 3. The Bertz CT molecular complexity index is 461. The van der Waals surface area contributed by atoms with Crippen LogP contribution in [0.25, 0.3) is 0 Å². The lowest BCUT2D eigenvalue weighted by atomic mass is 10.2. The minimum absolute atomic E-state index is 0.0769. The average molecular weight is 275 g/mol. The van der Waals surface area contributed by atoms with Crippen LogP contribution in [0.4, 0.5) is 0 Å². The first-order valence-corrected chi connectivity index (χ1v) is 6.92. The Morgan fingerprint density at radius 1 is 1.45 bits per heavy atom. The van der Waals surface area contributed by atoms with Crippen molar-refractivity contribution in [3.05, 3.63) is 42.0 Å². The molecule has 1 atom stereocenters. The summed E-state index contributed by atoms with van der Waals surface area (Å²) in [4.78, 5) is 12.0. The SMILES string of the molecule is C=C(C)COc1ccc(C(=O)NCC2CCCO2)cc1. The van der Waals surface area contributed by atoms with Crippen molar-refractivity contribution in [2.45, 2.75) is 25.9 Å². The molecule has 20 heavy (non-hydrogen) atoms. The molecule has 1 aliphatic heterocycles. The van der Waals surface area contributed by atoms with Crippen LogP contribution in [0.15, 0.2) is 36.4 Å². The van der Waals surface area contributed by atoms with Crippen molar-refractivity contribution in [3.8, 4) is 5.75 Å². The van der Waals surface area contributed by atoms with Crippen LogP contribution < -0.4 is 10.1 Å². The molecule has 1 amide bonds. The highest BCUT2D eigenvalue weighted by atomic mass is 16.5. The Morgan fingerprint density at radius 2 is 2.20 bits per heavy atom. The summed E-state index contributed by atoms with van der Waals surface area (Å²) < 4.78 is 11.0. The Morgan fingerprint density at radius 3 is 2.80 bits per heavy atom. The molecule has 0 aliphatic carbocycles. The number of benzene rings is 1. The first-order chi connectivity index (χ1) is 9.65. The molecule has 4 heteroatoms. The molecular weight excluding hydrogens is 254 g/mol. The number of rotatable bonds is 6. The molecule has 0 spiro atoms. The Balaban J connectivity index is 1.81. The normalized spacial score (nSPS) is 17.8. The first kappa shape index (κ1) is 14.6. The highest BCUT2D eigenvalue weighted by Crippen LogP contribution is 2.14. The minimum Gasteiger partial charge on any atom is -0.489 e. The fourth-order valence-electron chi connectivity index (χ4n) is 2.02. The maximum atomic E-state index is 12.0. The van der Waals surface area contributed by atoms with E-state index in [1.807, 2.05) is 6.92 Å². The zero-order valence-corrected chi connectivity index (χ0v) is 11.9. The van der Waals surface area contributed by atoms with E-state index in [2.05, 4.69) is 11.9 Å². The van der Waals surface area contributed by atoms with Gasteiger partial charge < -0.3 is 14.8 Å². The molecule has 0 bridgehead atoms. The number of carbonyl (C=O) groups is 1. The molecule has 1 fully saturated rings. The summed E-state index contributed by atoms with van der Waals surface area (Å²) in [6, 6.07) is 7.12. The monoisotopic (exact) mass is 275 g/mol. The fraction of sp³-hybridized carbons (Fsp3) is 0.438. The number of ether oxygens (including phenoxy) is 2. The molecule has 4 nitrogen and oxygen atoms in total. The highest BCUT2D eigenvalue weighted by molar-refractivity contribution is 5.94. The van der Waals surface area contributed by atoms with Gasteiger partial charge in [0.1, 0.15) is 12.4 Å². The standard InChI is InChI=1S/C16H21NO3/c1-12(2)11-20-14-7-5-13(6-8-14)16(18)17-10-15-4-3-9-19-15/h5-8,15H,1,3-4,9-11H2,2H3,(H,17,18). The van der Waals surface area contributed by atoms with Crippen molar-refractivity contribution >= 4 is 5.91 Å². The van der Waals surface area contributed by atoms with E-state index in [-0.39, 0.29) is 12.0 Å². The summed E-state index contributed by atoms with van der Waals surface area (Å²) in [5.41, 5.74) is 1.59. The molecule has 1 unspecified atom stereocenters. The second-order valence-electron chi connectivity index (χ2n) is 5.12. The van der Waals surface area contributed by atoms with Gasteiger partial charge in [0.2, 0.25) is 0 Å². The minimum atomic E-state index is -0.0769. The summed E-state index contributed by atoms with van der Waals surface area (Å²) in [5.74, 6) is 0.663. The van der Waals surface area contributed by atoms with Gasteiger partial charge in [-0.2, -0.15) is 0 Å². The maximum absolute atomic E-state index is 12.0. The summed E-state index contributed by atoms with van der Waals surface area (Å²) >= 11 is 0. The van der Waals surface area contributed by atoms with Crippen LogP contribution in [0.1, 0.15) is 30.1 Å². The van der Waals surface area contributed by atoms with Crippen LogP contribution in [-0.2, 0) is 4.74 Å². The summed E-state index contributed by atoms with van der Waals surface area (Å²) in [6.07, 6.45) is 2.26. The van der Waals surface area contributed by atoms with Gasteiger partial charge in [-0.3, -0.25) is 4.79 Å². The first-order valence-electron chi connectivity index (χ1n) is 6.92. The lowest BCUT2D eigenvalue weighted by molar-refractivity contribution is 0.0858. The molecule has 0 radical (unpaired) electrons. The van der Waals surface area contributed by atoms with E-state index in [9.17, 15) is 4.79 Å². The molecule has 1 saturated heterocycles. The predicted molar refractivity (Wildman–Crippen MR) is 78.1 cm³/mol. The van der Waals surface area contributed by atoms with Gasteiger partial charge in [-0.25, -0.2) is 0 Å². The van der Waals surface area contributed by atoms with Crippen molar-refractivity contribution in [2.75, 3.05) is 19.8 Å². The van der Waals surface area contributed by atoms with Crippen LogP contribution in [0.3, 0.4) is 0 Å². The van der Waals surface area contributed by atoms with E-state index in [0.717, 1.165) is 30.8 Å². The number of hydrogen-bond donors (Lipinski definition) is 1. The molecular formula is C16H21NO3. The van der Waals surface area contributed by atoms with Crippen LogP contribution in [-0.4, -0.2) is 31.8 Å². The summed E-state index contributed by atoms with van der Waals surface area (Å²) in [5, 5.41) is 2.89. The van der Waals surface area contributed by atoms with Crippen molar-refractivity contribution in [1.29, 1.82) is 0 Å². The van der Waals surface area contributed by atoms with Gasteiger partial charge in [-0.1, -0.05) is 6.58 Å². The zero-order chi connectivity index (χ0) is 14.4. The number of amides is 1. The van der Waals surface area contributed by atoms with E-state index in [1.165, 1.54) is 0 Å². The van der Waals surface area contributed by atoms with E-state index < -0.39 is 0 Å². The van der Waals surface area contributed by atoms with Gasteiger partial charge in [0.05, 0.1) is 6.10 Å². The lowest BCUT2D eigenvalue weighted by Gasteiger charge is -2.11. The topological polar surface area (TPSA) is 47.6 Å². The third kappa shape index (κ3) is 4.38. The summed E-state index contributed by atoms with van der Waals surface area (Å²) in [7, 11) is 0. The second-order valence-corrected chi connectivity index (χ2v) is 5.12. The van der Waals surface area contributed by atoms with Gasteiger partial charge in [0.25, 0.3) is 5.91 Å². The third-order valence-corrected chi connectivity index (χ3v) is 3.12. The number of carbonyl (C=O) groups excluding carboxylic acids is 1. The molecule has 0 saturated carbocycles. The molecule has 1 aromatic carbocycles. The molecule has 108 valence electrons. The van der Waals surface area contributed by atoms with E-state index >= 15 is 0 Å². The Kier molecular flexibility index (Phi) is 5.18. The van der Waals surface area contributed by atoms with Gasteiger partial charge in [0, 0.05) is 18.7 Å². The van der Waals surface area contributed by atoms with E-state index in [0.29, 0.717) is 18.7 Å². The molecule has 2 rings (SSSR count). The number of nitrogens with one attached hydrogen (secondary N) is 1. The fourth-order valence-corrected chi connectivity index (χ4v) is 2.02. The quantitative estimate of drug-likeness (QED) is 0.812. The summed E-state index contributed by atoms with van der Waals surface area (Å²) in [6.45, 7) is 7.55. The lowest BCUT2D eigenvalue weighted by Crippen LogP contribution is -2.31. The second kappa shape index (κ2) is 7.10. The van der Waals surface area contributed by atoms with Crippen LogP contribution in [0.5, 0.6) is 5.75 Å². The molecule has 0 aromatic heterocycles. The molecule has 1 N–H and O–H groups in total. The Labute approximate surface area is 119 Å². The third-order valence-electron chi connectivity index (χ3n) is 3.12. The van der Waals surface area contributed by atoms with Gasteiger partial charge in [-0.15, -0.1) is 0 Å². The van der Waals surface area contributed by atoms with Crippen LogP contribution in [0.2, 0.25) is 0 Å². The zero-order valence-electron chi connectivity index (χ0n) is 11.9. The van der Waals surface area contributed by atoms with Crippen molar-refractivity contribution in [2.24, 2.45) is 0 Å². The van der Waals surface area contributed by atoms with Gasteiger partial charge >= 0.3 is 0 Å². The molecule has 1 aromatic rings. The highest BCUT2D eigenvalue weighted by Gasteiger charge is 2.16. The van der Waals surface area contributed by atoms with E-state index in [4.69, 9.17) is 9.47 Å². The van der Waals surface area contributed by atoms with Crippen LogP contribution in [0, 0.1) is 0 Å². The van der Waals surface area contributed by atoms with Gasteiger partial charge in [0.15, 0.2) is 0 Å². The van der Waals surface area contributed by atoms with Crippen molar-refractivity contribution in [3.63, 3.8) is 0 Å². The maximum Gasteiger partial charge on any atom is 0.251 e. The smallest absolute Gasteiger partial charge is 0.251 e. The Hall–Kier alpha value is -1.81. The largest absolute Gasteiger partial charge is 0.489 e. The van der Waals surface area contributed by atoms with Crippen molar-refractivity contribution < 1.29 is 14.3 Å².